The first-order valence-corrected chi connectivity index (χ1v) is 10.4. The molecule has 0 saturated heterocycles. The monoisotopic (exact) mass is 318 g/mol. The van der Waals surface area contributed by atoms with Gasteiger partial charge in [-0.05, 0) is 47.8 Å². The third-order valence-electron chi connectivity index (χ3n) is 5.32. The van der Waals surface area contributed by atoms with Gasteiger partial charge < -0.3 is 0 Å². The Bertz CT molecular complexity index is 729. The van der Waals surface area contributed by atoms with Crippen LogP contribution in [0.4, 0.5) is 0 Å². The Kier molecular flexibility index (Phi) is 4.19. The number of fused-ring (bicyclic) bond motifs is 2. The second kappa shape index (κ2) is 6.46. The minimum atomic E-state index is -0.215. The molecule has 0 aromatic heterocycles. The lowest BCUT2D eigenvalue weighted by molar-refractivity contribution is 0.398. The van der Waals surface area contributed by atoms with E-state index in [1.165, 1.54) is 23.7 Å². The van der Waals surface area contributed by atoms with Gasteiger partial charge in [0.2, 0.25) is 0 Å². The van der Waals surface area contributed by atoms with Gasteiger partial charge in [-0.3, -0.25) is 0 Å². The van der Waals surface area contributed by atoms with Crippen LogP contribution in [0.2, 0.25) is 0 Å². The van der Waals surface area contributed by atoms with Crippen molar-refractivity contribution in [1.29, 1.82) is 0 Å². The molecule has 0 heterocycles. The van der Waals surface area contributed by atoms with Crippen molar-refractivity contribution in [2.75, 3.05) is 6.66 Å². The number of hydrogen-bond donors (Lipinski definition) is 0. The molecule has 4 unspecified atom stereocenters. The molecular formula is C22H23P. The van der Waals surface area contributed by atoms with Crippen molar-refractivity contribution in [3.8, 4) is 0 Å². The Balaban J connectivity index is 1.82. The zero-order valence-corrected chi connectivity index (χ0v) is 14.5. The molecule has 0 fully saturated rings. The van der Waals surface area contributed by atoms with E-state index in [9.17, 15) is 0 Å². The smallest absolute Gasteiger partial charge is 0.0122 e. The molecule has 0 amide bonds. The highest BCUT2D eigenvalue weighted by molar-refractivity contribution is 7.65. The summed E-state index contributed by atoms with van der Waals surface area (Å²) in [6.45, 7) is 2.48. The first kappa shape index (κ1) is 14.9. The van der Waals surface area contributed by atoms with E-state index < -0.39 is 0 Å². The summed E-state index contributed by atoms with van der Waals surface area (Å²) in [4.78, 5) is 0. The van der Waals surface area contributed by atoms with Crippen molar-refractivity contribution in [2.24, 2.45) is 11.8 Å². The van der Waals surface area contributed by atoms with Crippen LogP contribution in [0.15, 0.2) is 72.8 Å². The standard InChI is InChI=1S/C22H23P/c1-23(19-11-3-2-4-12-19)22-20-13-7-5-9-17(20)15-16-18-10-6-8-14-21(18)22/h2-7,9-13,15-16,18,21-22H,8,14H2,1H3. The fourth-order valence-corrected chi connectivity index (χ4v) is 6.69. The van der Waals surface area contributed by atoms with E-state index in [1.54, 1.807) is 5.56 Å². The first-order valence-electron chi connectivity index (χ1n) is 8.56. The molecule has 116 valence electrons. The Morgan fingerprint density at radius 1 is 0.913 bits per heavy atom. The molecule has 1 heteroatoms. The molecule has 2 aromatic carbocycles. The molecule has 2 aliphatic carbocycles. The predicted molar refractivity (Wildman–Crippen MR) is 102 cm³/mol. The van der Waals surface area contributed by atoms with Crippen LogP contribution in [0.5, 0.6) is 0 Å². The van der Waals surface area contributed by atoms with Crippen LogP contribution in [0.25, 0.3) is 6.08 Å². The van der Waals surface area contributed by atoms with Gasteiger partial charge in [0.05, 0.1) is 0 Å². The lowest BCUT2D eigenvalue weighted by atomic mass is 9.80. The highest BCUT2D eigenvalue weighted by Gasteiger charge is 2.35. The van der Waals surface area contributed by atoms with Crippen molar-refractivity contribution in [2.45, 2.75) is 18.5 Å². The van der Waals surface area contributed by atoms with Crippen molar-refractivity contribution in [3.63, 3.8) is 0 Å². The minimum Gasteiger partial charge on any atom is -0.0879 e. The zero-order valence-electron chi connectivity index (χ0n) is 13.6. The van der Waals surface area contributed by atoms with Crippen LogP contribution in [0.3, 0.4) is 0 Å². The van der Waals surface area contributed by atoms with Gasteiger partial charge in [0.1, 0.15) is 0 Å². The average Bonchev–Trinajstić information content (AvgIpc) is 2.79. The third kappa shape index (κ3) is 2.81. The zero-order chi connectivity index (χ0) is 15.6. The Morgan fingerprint density at radius 3 is 2.57 bits per heavy atom. The van der Waals surface area contributed by atoms with Gasteiger partial charge in [0.15, 0.2) is 0 Å². The van der Waals surface area contributed by atoms with Gasteiger partial charge >= 0.3 is 0 Å². The van der Waals surface area contributed by atoms with Crippen molar-refractivity contribution in [3.05, 3.63) is 84.0 Å². The molecule has 0 saturated carbocycles. The molecule has 0 spiro atoms. The molecule has 2 aliphatic rings. The van der Waals surface area contributed by atoms with E-state index in [1.807, 2.05) is 0 Å². The number of rotatable bonds is 2. The fraction of sp³-hybridized carbons (Fsp3) is 0.273. The fourth-order valence-electron chi connectivity index (χ4n) is 4.15. The van der Waals surface area contributed by atoms with E-state index in [-0.39, 0.29) is 7.92 Å². The van der Waals surface area contributed by atoms with Crippen molar-refractivity contribution in [1.82, 2.24) is 0 Å². The van der Waals surface area contributed by atoms with E-state index >= 15 is 0 Å². The molecule has 4 rings (SSSR count). The number of benzene rings is 2. The van der Waals surface area contributed by atoms with Gasteiger partial charge in [-0.1, -0.05) is 86.8 Å². The van der Waals surface area contributed by atoms with Gasteiger partial charge in [-0.2, -0.15) is 0 Å². The molecule has 2 aromatic rings. The Hall–Kier alpha value is -1.65. The lowest BCUT2D eigenvalue weighted by Gasteiger charge is -2.37. The molecular weight excluding hydrogens is 295 g/mol. The highest BCUT2D eigenvalue weighted by Crippen LogP contribution is 2.57. The van der Waals surface area contributed by atoms with Crippen molar-refractivity contribution >= 4 is 19.3 Å². The summed E-state index contributed by atoms with van der Waals surface area (Å²) in [5.74, 6) is 1.33. The molecule has 0 nitrogen and oxygen atoms in total. The summed E-state index contributed by atoms with van der Waals surface area (Å²) >= 11 is 0. The summed E-state index contributed by atoms with van der Waals surface area (Å²) in [5, 5.41) is 1.53. The van der Waals surface area contributed by atoms with Gasteiger partial charge in [0.25, 0.3) is 0 Å². The summed E-state index contributed by atoms with van der Waals surface area (Å²) in [5.41, 5.74) is 3.63. The van der Waals surface area contributed by atoms with Crippen LogP contribution >= 0.6 is 7.92 Å². The van der Waals surface area contributed by atoms with Crippen LogP contribution < -0.4 is 5.30 Å². The number of allylic oxidation sites excluding steroid dienone is 3. The van der Waals surface area contributed by atoms with E-state index in [0.29, 0.717) is 11.6 Å². The molecule has 0 aliphatic heterocycles. The van der Waals surface area contributed by atoms with E-state index in [2.05, 4.69) is 85.6 Å². The SMILES string of the molecule is CP(c1ccccc1)C1c2ccccc2C=CC2C=CCCC21. The highest BCUT2D eigenvalue weighted by atomic mass is 31.1. The second-order valence-corrected chi connectivity index (χ2v) is 8.92. The Morgan fingerprint density at radius 2 is 1.70 bits per heavy atom. The maximum atomic E-state index is 2.48. The topological polar surface area (TPSA) is 0 Å². The molecule has 0 radical (unpaired) electrons. The van der Waals surface area contributed by atoms with Crippen LogP contribution in [0.1, 0.15) is 29.6 Å². The molecule has 23 heavy (non-hydrogen) atoms. The summed E-state index contributed by atoms with van der Waals surface area (Å²) in [6, 6.07) is 20.2. The summed E-state index contributed by atoms with van der Waals surface area (Å²) < 4.78 is 0. The summed E-state index contributed by atoms with van der Waals surface area (Å²) in [7, 11) is -0.215. The first-order chi connectivity index (χ1) is 11.3. The quantitative estimate of drug-likeness (QED) is 0.487. The normalized spacial score (nSPS) is 26.9. The minimum absolute atomic E-state index is 0.215. The maximum absolute atomic E-state index is 2.48. The lowest BCUT2D eigenvalue weighted by Crippen LogP contribution is -2.23. The Labute approximate surface area is 140 Å². The largest absolute Gasteiger partial charge is 0.0879 e. The maximum Gasteiger partial charge on any atom is 0.0122 e. The average molecular weight is 318 g/mol. The molecule has 4 atom stereocenters. The molecule has 0 bridgehead atoms. The van der Waals surface area contributed by atoms with Gasteiger partial charge in [-0.15, -0.1) is 0 Å². The summed E-state index contributed by atoms with van der Waals surface area (Å²) in [6.07, 6.45) is 12.1. The van der Waals surface area contributed by atoms with Gasteiger partial charge in [0, 0.05) is 5.66 Å². The number of hydrogen-bond acceptors (Lipinski definition) is 0. The van der Waals surface area contributed by atoms with E-state index in [4.69, 9.17) is 0 Å². The van der Waals surface area contributed by atoms with Crippen LogP contribution in [-0.4, -0.2) is 6.66 Å². The van der Waals surface area contributed by atoms with Crippen LogP contribution in [-0.2, 0) is 0 Å². The predicted octanol–water partition coefficient (Wildman–Crippen LogP) is 5.77. The van der Waals surface area contributed by atoms with Crippen molar-refractivity contribution < 1.29 is 0 Å². The molecule has 0 N–H and O–H groups in total. The van der Waals surface area contributed by atoms with E-state index in [0.717, 1.165) is 5.92 Å². The second-order valence-electron chi connectivity index (χ2n) is 6.63. The van der Waals surface area contributed by atoms with Gasteiger partial charge in [-0.25, -0.2) is 0 Å². The van der Waals surface area contributed by atoms with Crippen LogP contribution in [0, 0.1) is 11.8 Å². The third-order valence-corrected chi connectivity index (χ3v) is 7.93.